The van der Waals surface area contributed by atoms with Gasteiger partial charge in [-0.05, 0) is 35.6 Å². The predicted octanol–water partition coefficient (Wildman–Crippen LogP) is 2.46. The molecular formula is C13H16O2. The summed E-state index contributed by atoms with van der Waals surface area (Å²) in [5.41, 5.74) is 2.31. The van der Waals surface area contributed by atoms with Crippen LogP contribution in [0.3, 0.4) is 0 Å². The lowest BCUT2D eigenvalue weighted by atomic mass is 10.0. The highest BCUT2D eigenvalue weighted by molar-refractivity contribution is 5.40. The van der Waals surface area contributed by atoms with Gasteiger partial charge < -0.3 is 9.84 Å². The highest BCUT2D eigenvalue weighted by Gasteiger charge is 2.25. The van der Waals surface area contributed by atoms with Gasteiger partial charge in [-0.3, -0.25) is 0 Å². The maximum absolute atomic E-state index is 10.0. The Morgan fingerprint density at radius 1 is 1.40 bits per heavy atom. The Bertz CT molecular complexity index is 369. The molecule has 3 rings (SSSR count). The van der Waals surface area contributed by atoms with Crippen molar-refractivity contribution in [1.29, 1.82) is 0 Å². The molecule has 1 fully saturated rings. The van der Waals surface area contributed by atoms with Crippen molar-refractivity contribution in [1.82, 2.24) is 0 Å². The summed E-state index contributed by atoms with van der Waals surface area (Å²) >= 11 is 0. The average Bonchev–Trinajstić information content (AvgIpc) is 2.94. The van der Waals surface area contributed by atoms with Gasteiger partial charge in [0.25, 0.3) is 0 Å². The van der Waals surface area contributed by atoms with E-state index < -0.39 is 0 Å². The quantitative estimate of drug-likeness (QED) is 0.819. The summed E-state index contributed by atoms with van der Waals surface area (Å²) in [7, 11) is 0. The highest BCUT2D eigenvalue weighted by atomic mass is 16.5. The van der Waals surface area contributed by atoms with Crippen LogP contribution in [0.1, 0.15) is 36.5 Å². The molecular weight excluding hydrogens is 188 g/mol. The van der Waals surface area contributed by atoms with E-state index in [2.05, 4.69) is 6.07 Å². The number of aliphatic hydroxyl groups is 1. The van der Waals surface area contributed by atoms with E-state index >= 15 is 0 Å². The van der Waals surface area contributed by atoms with Crippen LogP contribution in [-0.4, -0.2) is 11.7 Å². The fourth-order valence-corrected chi connectivity index (χ4v) is 2.22. The first-order valence-corrected chi connectivity index (χ1v) is 5.76. The van der Waals surface area contributed by atoms with Crippen molar-refractivity contribution in [3.8, 4) is 5.75 Å². The zero-order chi connectivity index (χ0) is 10.3. The van der Waals surface area contributed by atoms with Crippen LogP contribution >= 0.6 is 0 Å². The third-order valence-corrected chi connectivity index (χ3v) is 3.35. The molecule has 15 heavy (non-hydrogen) atoms. The number of rotatable bonds is 3. The van der Waals surface area contributed by atoms with Gasteiger partial charge in [-0.25, -0.2) is 0 Å². The molecule has 2 nitrogen and oxygen atoms in total. The lowest BCUT2D eigenvalue weighted by Crippen LogP contribution is -1.98. The molecule has 1 aliphatic heterocycles. The standard InChI is InChI=1S/C13H16O2/c14-12(7-9-1-2-9)10-3-4-13-11(8-10)5-6-15-13/h3-4,8-9,12,14H,1-2,5-7H2. The molecule has 1 aromatic carbocycles. The van der Waals surface area contributed by atoms with Crippen LogP contribution in [-0.2, 0) is 6.42 Å². The average molecular weight is 204 g/mol. The van der Waals surface area contributed by atoms with Crippen LogP contribution in [0.25, 0.3) is 0 Å². The summed E-state index contributed by atoms with van der Waals surface area (Å²) in [6.45, 7) is 0.789. The summed E-state index contributed by atoms with van der Waals surface area (Å²) in [6, 6.07) is 6.10. The molecule has 80 valence electrons. The normalized spacial score (nSPS) is 20.9. The maximum Gasteiger partial charge on any atom is 0.122 e. The van der Waals surface area contributed by atoms with Gasteiger partial charge in [-0.15, -0.1) is 0 Å². The van der Waals surface area contributed by atoms with E-state index in [9.17, 15) is 5.11 Å². The Hall–Kier alpha value is -1.02. The summed E-state index contributed by atoms with van der Waals surface area (Å²) < 4.78 is 5.44. The summed E-state index contributed by atoms with van der Waals surface area (Å²) in [5.74, 6) is 1.77. The van der Waals surface area contributed by atoms with Gasteiger partial charge in [-0.2, -0.15) is 0 Å². The van der Waals surface area contributed by atoms with E-state index in [1.165, 1.54) is 18.4 Å². The van der Waals surface area contributed by atoms with Crippen molar-refractivity contribution in [2.24, 2.45) is 5.92 Å². The SMILES string of the molecule is OC(CC1CC1)c1ccc2c(c1)CCO2. The molecule has 0 saturated heterocycles. The molecule has 0 radical (unpaired) electrons. The van der Waals surface area contributed by atoms with E-state index in [4.69, 9.17) is 4.74 Å². The molecule has 0 amide bonds. The third-order valence-electron chi connectivity index (χ3n) is 3.35. The number of hydrogen-bond donors (Lipinski definition) is 1. The van der Waals surface area contributed by atoms with Crippen molar-refractivity contribution in [3.63, 3.8) is 0 Å². The molecule has 1 aliphatic carbocycles. The number of ether oxygens (including phenoxy) is 1. The van der Waals surface area contributed by atoms with E-state index in [1.807, 2.05) is 12.1 Å². The Morgan fingerprint density at radius 2 is 2.27 bits per heavy atom. The van der Waals surface area contributed by atoms with Gasteiger partial charge in [0.2, 0.25) is 0 Å². The number of aliphatic hydroxyl groups excluding tert-OH is 1. The molecule has 1 aromatic rings. The zero-order valence-electron chi connectivity index (χ0n) is 8.78. The largest absolute Gasteiger partial charge is 0.493 e. The van der Waals surface area contributed by atoms with Crippen molar-refractivity contribution < 1.29 is 9.84 Å². The fourth-order valence-electron chi connectivity index (χ4n) is 2.22. The molecule has 1 atom stereocenters. The van der Waals surface area contributed by atoms with Crippen LogP contribution in [0.2, 0.25) is 0 Å². The van der Waals surface area contributed by atoms with E-state index in [-0.39, 0.29) is 6.10 Å². The molecule has 2 aliphatic rings. The third kappa shape index (κ3) is 1.86. The minimum atomic E-state index is -0.275. The first-order valence-electron chi connectivity index (χ1n) is 5.76. The Morgan fingerprint density at radius 3 is 3.07 bits per heavy atom. The van der Waals surface area contributed by atoms with Crippen LogP contribution in [0.5, 0.6) is 5.75 Å². The first kappa shape index (κ1) is 9.22. The van der Waals surface area contributed by atoms with Crippen LogP contribution in [0.4, 0.5) is 0 Å². The van der Waals surface area contributed by atoms with Gasteiger partial charge >= 0.3 is 0 Å². The minimum Gasteiger partial charge on any atom is -0.493 e. The van der Waals surface area contributed by atoms with Gasteiger partial charge in [0, 0.05) is 6.42 Å². The molecule has 0 spiro atoms. The van der Waals surface area contributed by atoms with Crippen LogP contribution < -0.4 is 4.74 Å². The topological polar surface area (TPSA) is 29.5 Å². The lowest BCUT2D eigenvalue weighted by Gasteiger charge is -2.11. The van der Waals surface area contributed by atoms with Gasteiger partial charge in [0.15, 0.2) is 0 Å². The highest BCUT2D eigenvalue weighted by Crippen LogP contribution is 2.38. The van der Waals surface area contributed by atoms with E-state index in [0.29, 0.717) is 0 Å². The monoisotopic (exact) mass is 204 g/mol. The van der Waals surface area contributed by atoms with E-state index in [0.717, 1.165) is 36.7 Å². The maximum atomic E-state index is 10.0. The van der Waals surface area contributed by atoms with Crippen LogP contribution in [0, 0.1) is 5.92 Å². The van der Waals surface area contributed by atoms with Gasteiger partial charge in [0.05, 0.1) is 12.7 Å². The van der Waals surface area contributed by atoms with Crippen molar-refractivity contribution in [3.05, 3.63) is 29.3 Å². The van der Waals surface area contributed by atoms with Gasteiger partial charge in [0.1, 0.15) is 5.75 Å². The molecule has 1 unspecified atom stereocenters. The summed E-state index contributed by atoms with van der Waals surface area (Å²) in [4.78, 5) is 0. The number of benzene rings is 1. The zero-order valence-corrected chi connectivity index (χ0v) is 8.78. The second-order valence-corrected chi connectivity index (χ2v) is 4.66. The van der Waals surface area contributed by atoms with E-state index in [1.54, 1.807) is 0 Å². The Labute approximate surface area is 89.9 Å². The number of fused-ring (bicyclic) bond motifs is 1. The summed E-state index contributed by atoms with van der Waals surface area (Å²) in [6.07, 6.45) is 4.23. The minimum absolute atomic E-state index is 0.275. The predicted molar refractivity (Wildman–Crippen MR) is 57.9 cm³/mol. The van der Waals surface area contributed by atoms with Crippen molar-refractivity contribution in [2.75, 3.05) is 6.61 Å². The smallest absolute Gasteiger partial charge is 0.122 e. The molecule has 2 heteroatoms. The first-order chi connectivity index (χ1) is 7.33. The Kier molecular flexibility index (Phi) is 2.17. The summed E-state index contributed by atoms with van der Waals surface area (Å²) in [5, 5.41) is 10.0. The molecule has 0 bridgehead atoms. The van der Waals surface area contributed by atoms with Crippen LogP contribution in [0.15, 0.2) is 18.2 Å². The lowest BCUT2D eigenvalue weighted by molar-refractivity contribution is 0.160. The fraction of sp³-hybridized carbons (Fsp3) is 0.538. The Balaban J connectivity index is 1.78. The van der Waals surface area contributed by atoms with Gasteiger partial charge in [-0.1, -0.05) is 18.9 Å². The van der Waals surface area contributed by atoms with Crippen molar-refractivity contribution >= 4 is 0 Å². The second-order valence-electron chi connectivity index (χ2n) is 4.66. The molecule has 1 heterocycles. The number of hydrogen-bond acceptors (Lipinski definition) is 2. The second kappa shape index (κ2) is 3.53. The molecule has 0 aromatic heterocycles. The molecule has 1 saturated carbocycles. The van der Waals surface area contributed by atoms with Crippen molar-refractivity contribution in [2.45, 2.75) is 31.8 Å². The molecule has 1 N–H and O–H groups in total.